The summed E-state index contributed by atoms with van der Waals surface area (Å²) in [7, 11) is 0. The van der Waals surface area contributed by atoms with Crippen LogP contribution in [-0.2, 0) is 5.60 Å². The molecule has 2 bridgehead atoms. The number of nitrogens with one attached hydrogen (secondary N) is 1. The number of hydrogen-bond acceptors (Lipinski definition) is 2. The highest BCUT2D eigenvalue weighted by atomic mass is 19.1. The van der Waals surface area contributed by atoms with Crippen molar-refractivity contribution in [2.75, 3.05) is 0 Å². The van der Waals surface area contributed by atoms with Gasteiger partial charge in [-0.15, -0.1) is 0 Å². The largest absolute Gasteiger partial charge is 0.385 e. The Kier molecular flexibility index (Phi) is 4.03. The Morgan fingerprint density at radius 1 is 1.22 bits per heavy atom. The van der Waals surface area contributed by atoms with Crippen LogP contribution in [0.25, 0.3) is 0 Å². The van der Waals surface area contributed by atoms with Crippen LogP contribution < -0.4 is 5.32 Å². The molecule has 1 aromatic carbocycles. The van der Waals surface area contributed by atoms with Gasteiger partial charge in [-0.1, -0.05) is 26.0 Å². The zero-order chi connectivity index (χ0) is 13.2. The molecule has 100 valence electrons. The van der Waals surface area contributed by atoms with Gasteiger partial charge >= 0.3 is 0 Å². The van der Waals surface area contributed by atoms with Crippen LogP contribution in [0.2, 0.25) is 0 Å². The average Bonchev–Trinajstić information content (AvgIpc) is 2.72. The van der Waals surface area contributed by atoms with Crippen molar-refractivity contribution in [2.24, 2.45) is 0 Å². The van der Waals surface area contributed by atoms with E-state index >= 15 is 0 Å². The molecule has 2 fully saturated rings. The Bertz CT molecular complexity index is 395. The summed E-state index contributed by atoms with van der Waals surface area (Å²) >= 11 is 0. The van der Waals surface area contributed by atoms with Gasteiger partial charge in [0.05, 0.1) is 5.60 Å². The van der Waals surface area contributed by atoms with Crippen molar-refractivity contribution in [1.29, 1.82) is 0 Å². The summed E-state index contributed by atoms with van der Waals surface area (Å²) < 4.78 is 13.2. The van der Waals surface area contributed by atoms with Crippen molar-refractivity contribution in [3.8, 4) is 0 Å². The van der Waals surface area contributed by atoms with Gasteiger partial charge in [-0.3, -0.25) is 0 Å². The van der Waals surface area contributed by atoms with E-state index in [-0.39, 0.29) is 5.82 Å². The molecular weight excluding hydrogens is 229 g/mol. The number of halogens is 1. The van der Waals surface area contributed by atoms with E-state index < -0.39 is 5.60 Å². The monoisotopic (exact) mass is 251 g/mol. The molecule has 2 aliphatic heterocycles. The molecule has 0 amide bonds. The van der Waals surface area contributed by atoms with Gasteiger partial charge in [-0.05, 0) is 43.4 Å². The molecule has 2 unspecified atom stereocenters. The van der Waals surface area contributed by atoms with Crippen molar-refractivity contribution in [3.63, 3.8) is 0 Å². The smallest absolute Gasteiger partial charge is 0.123 e. The first kappa shape index (κ1) is 13.5. The minimum absolute atomic E-state index is 0.267. The predicted molar refractivity (Wildman–Crippen MR) is 70.8 cm³/mol. The Morgan fingerprint density at radius 3 is 2.39 bits per heavy atom. The SMILES string of the molecule is CC.OC1(c2cccc(F)c2)CC2CCC(C1)N2. The maximum absolute atomic E-state index is 13.2. The fourth-order valence-electron chi connectivity index (χ4n) is 3.14. The molecule has 0 spiro atoms. The summed E-state index contributed by atoms with van der Waals surface area (Å²) in [4.78, 5) is 0. The molecule has 1 aromatic rings. The van der Waals surface area contributed by atoms with E-state index in [1.54, 1.807) is 6.07 Å². The molecule has 0 radical (unpaired) electrons. The highest BCUT2D eigenvalue weighted by Gasteiger charge is 2.43. The van der Waals surface area contributed by atoms with Gasteiger partial charge in [-0.2, -0.15) is 0 Å². The van der Waals surface area contributed by atoms with E-state index in [0.717, 1.165) is 18.4 Å². The van der Waals surface area contributed by atoms with Crippen molar-refractivity contribution in [2.45, 2.75) is 57.2 Å². The lowest BCUT2D eigenvalue weighted by molar-refractivity contribution is -0.0117. The maximum atomic E-state index is 13.2. The van der Waals surface area contributed by atoms with E-state index in [2.05, 4.69) is 5.32 Å². The number of rotatable bonds is 1. The van der Waals surface area contributed by atoms with Crippen molar-refractivity contribution < 1.29 is 9.50 Å². The highest BCUT2D eigenvalue weighted by Crippen LogP contribution is 2.40. The van der Waals surface area contributed by atoms with Crippen molar-refractivity contribution in [1.82, 2.24) is 5.32 Å². The minimum Gasteiger partial charge on any atom is -0.385 e. The highest BCUT2D eigenvalue weighted by molar-refractivity contribution is 5.25. The van der Waals surface area contributed by atoms with Crippen LogP contribution in [0.5, 0.6) is 0 Å². The fraction of sp³-hybridized carbons (Fsp3) is 0.600. The zero-order valence-corrected chi connectivity index (χ0v) is 11.1. The zero-order valence-electron chi connectivity index (χ0n) is 11.1. The van der Waals surface area contributed by atoms with Gasteiger partial charge in [0.1, 0.15) is 5.82 Å². The van der Waals surface area contributed by atoms with Gasteiger partial charge in [0.2, 0.25) is 0 Å². The van der Waals surface area contributed by atoms with E-state index in [0.29, 0.717) is 24.9 Å². The first-order valence-electron chi connectivity index (χ1n) is 6.90. The minimum atomic E-state index is -0.834. The van der Waals surface area contributed by atoms with Crippen LogP contribution in [0.3, 0.4) is 0 Å². The Labute approximate surface area is 108 Å². The molecule has 2 saturated heterocycles. The predicted octanol–water partition coefficient (Wildman–Crippen LogP) is 2.95. The third-order valence-corrected chi connectivity index (χ3v) is 3.87. The lowest BCUT2D eigenvalue weighted by atomic mass is 9.81. The fourth-order valence-corrected chi connectivity index (χ4v) is 3.14. The first-order chi connectivity index (χ1) is 8.66. The maximum Gasteiger partial charge on any atom is 0.123 e. The van der Waals surface area contributed by atoms with Crippen molar-refractivity contribution >= 4 is 0 Å². The molecule has 2 N–H and O–H groups in total. The van der Waals surface area contributed by atoms with Gasteiger partial charge in [0, 0.05) is 12.1 Å². The summed E-state index contributed by atoms with van der Waals surface area (Å²) in [6.07, 6.45) is 3.66. The molecule has 0 aromatic heterocycles. The van der Waals surface area contributed by atoms with E-state index in [1.165, 1.54) is 12.1 Å². The molecule has 18 heavy (non-hydrogen) atoms. The van der Waals surface area contributed by atoms with Crippen LogP contribution in [0.1, 0.15) is 45.1 Å². The molecule has 3 heteroatoms. The standard InChI is InChI=1S/C13H16FNO.C2H6/c14-10-3-1-2-9(6-10)13(16)7-11-4-5-12(8-13)15-11;1-2/h1-3,6,11-12,15-16H,4-5,7-8H2;1-2H3. The Balaban J connectivity index is 0.000000574. The lowest BCUT2D eigenvalue weighted by Gasteiger charge is -2.37. The third-order valence-electron chi connectivity index (χ3n) is 3.87. The first-order valence-corrected chi connectivity index (χ1v) is 6.90. The number of benzene rings is 1. The lowest BCUT2D eigenvalue weighted by Crippen LogP contribution is -2.46. The topological polar surface area (TPSA) is 32.3 Å². The summed E-state index contributed by atoms with van der Waals surface area (Å²) in [5.74, 6) is -0.267. The number of aliphatic hydroxyl groups is 1. The third kappa shape index (κ3) is 2.57. The Hall–Kier alpha value is -0.930. The summed E-state index contributed by atoms with van der Waals surface area (Å²) in [5.41, 5.74) is -0.106. The number of fused-ring (bicyclic) bond motifs is 2. The summed E-state index contributed by atoms with van der Waals surface area (Å²) in [6, 6.07) is 7.17. The molecular formula is C15H22FNO. The molecule has 0 saturated carbocycles. The van der Waals surface area contributed by atoms with Crippen LogP contribution in [0.4, 0.5) is 4.39 Å². The van der Waals surface area contributed by atoms with E-state index in [4.69, 9.17) is 0 Å². The normalized spacial score (nSPS) is 33.8. The van der Waals surface area contributed by atoms with Crippen molar-refractivity contribution in [3.05, 3.63) is 35.6 Å². The van der Waals surface area contributed by atoms with Crippen LogP contribution in [0, 0.1) is 5.82 Å². The summed E-state index contributed by atoms with van der Waals surface area (Å²) in [6.45, 7) is 4.00. The van der Waals surface area contributed by atoms with Gasteiger partial charge in [0.15, 0.2) is 0 Å². The molecule has 2 nitrogen and oxygen atoms in total. The van der Waals surface area contributed by atoms with Gasteiger partial charge in [0.25, 0.3) is 0 Å². The van der Waals surface area contributed by atoms with Crippen LogP contribution in [0.15, 0.2) is 24.3 Å². The molecule has 2 heterocycles. The summed E-state index contributed by atoms with van der Waals surface area (Å²) in [5, 5.41) is 14.1. The Morgan fingerprint density at radius 2 is 1.83 bits per heavy atom. The second kappa shape index (κ2) is 5.37. The second-order valence-corrected chi connectivity index (χ2v) is 5.09. The molecule has 0 aliphatic carbocycles. The van der Waals surface area contributed by atoms with Gasteiger partial charge in [-0.25, -0.2) is 4.39 Å². The number of hydrogen-bond donors (Lipinski definition) is 2. The molecule has 2 atom stereocenters. The molecule has 2 aliphatic rings. The quantitative estimate of drug-likeness (QED) is 0.804. The second-order valence-electron chi connectivity index (χ2n) is 5.09. The number of piperidine rings is 1. The average molecular weight is 251 g/mol. The van der Waals surface area contributed by atoms with Crippen LogP contribution >= 0.6 is 0 Å². The van der Waals surface area contributed by atoms with E-state index in [1.807, 2.05) is 19.9 Å². The van der Waals surface area contributed by atoms with Crippen LogP contribution in [-0.4, -0.2) is 17.2 Å². The van der Waals surface area contributed by atoms with Gasteiger partial charge < -0.3 is 10.4 Å². The van der Waals surface area contributed by atoms with E-state index in [9.17, 15) is 9.50 Å². The molecule has 3 rings (SSSR count).